The maximum absolute atomic E-state index is 12.8. The lowest BCUT2D eigenvalue weighted by Crippen LogP contribution is -2.08. The fraction of sp³-hybridized carbons (Fsp3) is 0.158. The standard InChI is InChI=1S/C19H16O6S/c1-10(20)15-6-4-13(8-17(15)11(2)21)26(25)14-5-7-16(19(23)24)18(9-14)12(3)22/h4-9H,1-3H3,(H,23,24). The molecule has 0 fully saturated rings. The smallest absolute Gasteiger partial charge is 0.336 e. The minimum Gasteiger partial charge on any atom is -0.478 e. The molecule has 0 spiro atoms. The highest BCUT2D eigenvalue weighted by Gasteiger charge is 2.19. The number of ketones is 3. The van der Waals surface area contributed by atoms with E-state index in [1.54, 1.807) is 0 Å². The van der Waals surface area contributed by atoms with Gasteiger partial charge >= 0.3 is 5.97 Å². The Balaban J connectivity index is 2.56. The number of hydrogen-bond acceptors (Lipinski definition) is 5. The minimum atomic E-state index is -1.75. The fourth-order valence-electron chi connectivity index (χ4n) is 2.49. The molecule has 0 bridgehead atoms. The van der Waals surface area contributed by atoms with Gasteiger partial charge in [-0.15, -0.1) is 0 Å². The lowest BCUT2D eigenvalue weighted by molar-refractivity contribution is 0.0692. The van der Waals surface area contributed by atoms with E-state index in [0.29, 0.717) is 0 Å². The van der Waals surface area contributed by atoms with Crippen LogP contribution >= 0.6 is 0 Å². The maximum Gasteiger partial charge on any atom is 0.336 e. The summed E-state index contributed by atoms with van der Waals surface area (Å²) in [5, 5.41) is 9.14. The molecule has 1 atom stereocenters. The predicted octanol–water partition coefficient (Wildman–Crippen LogP) is 3.16. The average Bonchev–Trinajstić information content (AvgIpc) is 2.59. The molecule has 134 valence electrons. The Morgan fingerprint density at radius 3 is 1.46 bits per heavy atom. The molecule has 0 aromatic heterocycles. The molecular weight excluding hydrogens is 356 g/mol. The molecule has 0 saturated heterocycles. The monoisotopic (exact) mass is 372 g/mol. The first kappa shape index (κ1) is 19.4. The lowest BCUT2D eigenvalue weighted by atomic mass is 10.0. The maximum atomic E-state index is 12.8. The molecule has 0 radical (unpaired) electrons. The van der Waals surface area contributed by atoms with Crippen LogP contribution in [0.25, 0.3) is 0 Å². The van der Waals surface area contributed by atoms with Crippen molar-refractivity contribution < 1.29 is 28.5 Å². The van der Waals surface area contributed by atoms with Gasteiger partial charge in [0.15, 0.2) is 17.3 Å². The van der Waals surface area contributed by atoms with Gasteiger partial charge in [0.1, 0.15) is 0 Å². The van der Waals surface area contributed by atoms with E-state index in [2.05, 4.69) is 0 Å². The van der Waals surface area contributed by atoms with Gasteiger partial charge in [0.2, 0.25) is 0 Å². The van der Waals surface area contributed by atoms with Crippen LogP contribution in [0.1, 0.15) is 62.2 Å². The van der Waals surface area contributed by atoms with E-state index in [9.17, 15) is 23.4 Å². The first-order chi connectivity index (χ1) is 12.1. The van der Waals surface area contributed by atoms with E-state index in [0.717, 1.165) is 0 Å². The third-order valence-electron chi connectivity index (χ3n) is 3.78. The zero-order valence-electron chi connectivity index (χ0n) is 14.4. The molecule has 1 unspecified atom stereocenters. The number of rotatable bonds is 6. The zero-order chi connectivity index (χ0) is 19.6. The summed E-state index contributed by atoms with van der Waals surface area (Å²) in [5.74, 6) is -2.33. The van der Waals surface area contributed by atoms with Gasteiger partial charge in [0.25, 0.3) is 0 Å². The van der Waals surface area contributed by atoms with Crippen molar-refractivity contribution in [2.45, 2.75) is 30.6 Å². The lowest BCUT2D eigenvalue weighted by Gasteiger charge is -2.09. The molecule has 2 rings (SSSR count). The highest BCUT2D eigenvalue weighted by atomic mass is 32.2. The second kappa shape index (κ2) is 7.53. The third kappa shape index (κ3) is 3.83. The Morgan fingerprint density at radius 1 is 0.692 bits per heavy atom. The number of carboxylic acids is 1. The molecule has 2 aromatic carbocycles. The van der Waals surface area contributed by atoms with Gasteiger partial charge in [0, 0.05) is 26.5 Å². The Morgan fingerprint density at radius 2 is 1.08 bits per heavy atom. The zero-order valence-corrected chi connectivity index (χ0v) is 15.2. The Hall–Kier alpha value is -2.93. The van der Waals surface area contributed by atoms with Gasteiger partial charge in [0.05, 0.1) is 16.4 Å². The van der Waals surface area contributed by atoms with Crippen LogP contribution in [0.3, 0.4) is 0 Å². The van der Waals surface area contributed by atoms with E-state index < -0.39 is 22.6 Å². The summed E-state index contributed by atoms with van der Waals surface area (Å²) in [6.45, 7) is 3.87. The highest BCUT2D eigenvalue weighted by Crippen LogP contribution is 2.23. The first-order valence-corrected chi connectivity index (χ1v) is 8.74. The van der Waals surface area contributed by atoms with E-state index in [1.807, 2.05) is 0 Å². The largest absolute Gasteiger partial charge is 0.478 e. The van der Waals surface area contributed by atoms with Crippen molar-refractivity contribution in [1.29, 1.82) is 0 Å². The van der Waals surface area contributed by atoms with Crippen LogP contribution < -0.4 is 0 Å². The Bertz CT molecular complexity index is 896. The van der Waals surface area contributed by atoms with Crippen LogP contribution in [0, 0.1) is 0 Å². The second-order valence-corrected chi connectivity index (χ2v) is 7.14. The van der Waals surface area contributed by atoms with E-state index in [1.165, 1.54) is 57.2 Å². The normalized spacial score (nSPS) is 11.7. The van der Waals surface area contributed by atoms with Crippen molar-refractivity contribution in [3.63, 3.8) is 0 Å². The van der Waals surface area contributed by atoms with Crippen LogP contribution in [0.5, 0.6) is 0 Å². The van der Waals surface area contributed by atoms with Gasteiger partial charge in [-0.1, -0.05) is 0 Å². The van der Waals surface area contributed by atoms with Crippen molar-refractivity contribution in [1.82, 2.24) is 0 Å². The molecule has 0 heterocycles. The number of hydrogen-bond donors (Lipinski definition) is 1. The molecule has 0 aliphatic carbocycles. The van der Waals surface area contributed by atoms with Crippen molar-refractivity contribution in [3.05, 3.63) is 58.7 Å². The van der Waals surface area contributed by atoms with Crippen molar-refractivity contribution >= 4 is 34.1 Å². The summed E-state index contributed by atoms with van der Waals surface area (Å²) in [6, 6.07) is 8.14. The van der Waals surface area contributed by atoms with Gasteiger partial charge in [-0.3, -0.25) is 14.4 Å². The summed E-state index contributed by atoms with van der Waals surface area (Å²) >= 11 is 0. The summed E-state index contributed by atoms with van der Waals surface area (Å²) < 4.78 is 12.8. The van der Waals surface area contributed by atoms with E-state index in [4.69, 9.17) is 5.11 Å². The number of carbonyl (C=O) groups excluding carboxylic acids is 3. The SMILES string of the molecule is CC(=O)c1ccc(S(=O)c2ccc(C(=O)O)c(C(C)=O)c2)cc1C(C)=O. The first-order valence-electron chi connectivity index (χ1n) is 7.59. The number of benzene rings is 2. The van der Waals surface area contributed by atoms with Crippen LogP contribution in [0.2, 0.25) is 0 Å². The highest BCUT2D eigenvalue weighted by molar-refractivity contribution is 7.85. The van der Waals surface area contributed by atoms with Crippen molar-refractivity contribution in [2.24, 2.45) is 0 Å². The Labute approximate surface area is 152 Å². The van der Waals surface area contributed by atoms with Crippen LogP contribution in [-0.4, -0.2) is 32.6 Å². The molecule has 7 heteroatoms. The fourth-order valence-corrected chi connectivity index (χ4v) is 3.59. The van der Waals surface area contributed by atoms with E-state index >= 15 is 0 Å². The van der Waals surface area contributed by atoms with Crippen molar-refractivity contribution in [3.8, 4) is 0 Å². The predicted molar refractivity (Wildman–Crippen MR) is 94.5 cm³/mol. The number of carbonyl (C=O) groups is 4. The molecule has 0 saturated carbocycles. The number of aromatic carboxylic acids is 1. The van der Waals surface area contributed by atoms with Gasteiger partial charge in [-0.25, -0.2) is 9.00 Å². The summed E-state index contributed by atoms with van der Waals surface area (Å²) in [5.41, 5.74) is 0.186. The molecule has 0 amide bonds. The minimum absolute atomic E-state index is 0.0458. The molecular formula is C19H16O6S. The molecule has 2 aromatic rings. The van der Waals surface area contributed by atoms with Gasteiger partial charge in [-0.2, -0.15) is 0 Å². The van der Waals surface area contributed by atoms with Crippen molar-refractivity contribution in [2.75, 3.05) is 0 Å². The molecule has 0 aliphatic rings. The average molecular weight is 372 g/mol. The second-order valence-electron chi connectivity index (χ2n) is 5.66. The topological polar surface area (TPSA) is 106 Å². The van der Waals surface area contributed by atoms with Crippen LogP contribution in [-0.2, 0) is 10.8 Å². The molecule has 26 heavy (non-hydrogen) atoms. The summed E-state index contributed by atoms with van der Waals surface area (Å²) in [6.07, 6.45) is 0. The van der Waals surface area contributed by atoms with Gasteiger partial charge in [-0.05, 0) is 57.2 Å². The molecule has 6 nitrogen and oxygen atoms in total. The summed E-state index contributed by atoms with van der Waals surface area (Å²) in [4.78, 5) is 46.8. The molecule has 1 N–H and O–H groups in total. The van der Waals surface area contributed by atoms with E-state index in [-0.39, 0.29) is 43.6 Å². The number of carboxylic acid groups (broad SMARTS) is 1. The van der Waals surface area contributed by atoms with Crippen LogP contribution in [0.15, 0.2) is 46.2 Å². The van der Waals surface area contributed by atoms with Gasteiger partial charge < -0.3 is 5.11 Å². The third-order valence-corrected chi connectivity index (χ3v) is 5.14. The Kier molecular flexibility index (Phi) is 5.62. The molecule has 0 aliphatic heterocycles. The number of Topliss-reactive ketones (excluding diaryl/α,β-unsaturated/α-hetero) is 3. The summed E-state index contributed by atoms with van der Waals surface area (Å²) in [7, 11) is -1.75. The van der Waals surface area contributed by atoms with Crippen LogP contribution in [0.4, 0.5) is 0 Å². The quantitative estimate of drug-likeness (QED) is 0.781.